The second-order valence-electron chi connectivity index (χ2n) is 7.94. The molecule has 0 spiro atoms. The molecule has 2 N–H and O–H groups in total. The lowest BCUT2D eigenvalue weighted by Crippen LogP contribution is -2.31. The van der Waals surface area contributed by atoms with E-state index in [4.69, 9.17) is 19.2 Å². The third-order valence-electron chi connectivity index (χ3n) is 5.76. The number of carbonyl (C=O) groups excluding carboxylic acids is 1. The summed E-state index contributed by atoms with van der Waals surface area (Å²) in [4.78, 5) is 21.1. The van der Waals surface area contributed by atoms with Crippen molar-refractivity contribution < 1.29 is 19.0 Å². The summed E-state index contributed by atoms with van der Waals surface area (Å²) < 4.78 is 16.4. The normalized spacial score (nSPS) is 11.7. The van der Waals surface area contributed by atoms with Crippen molar-refractivity contribution in [1.82, 2.24) is 15.3 Å². The molecule has 1 heterocycles. The van der Waals surface area contributed by atoms with Gasteiger partial charge in [-0.2, -0.15) is 0 Å². The van der Waals surface area contributed by atoms with Gasteiger partial charge in [-0.05, 0) is 42.2 Å². The van der Waals surface area contributed by atoms with E-state index in [-0.39, 0.29) is 18.4 Å². The highest BCUT2D eigenvalue weighted by molar-refractivity contribution is 5.78. The van der Waals surface area contributed by atoms with Crippen LogP contribution in [0.15, 0.2) is 66.7 Å². The van der Waals surface area contributed by atoms with Gasteiger partial charge in [0.05, 0.1) is 38.4 Å². The number of imidazole rings is 1. The highest BCUT2D eigenvalue weighted by Crippen LogP contribution is 2.40. The number of fused-ring (bicyclic) bond motifs is 1. The molecule has 176 valence electrons. The number of carbonyl (C=O) groups is 1. The number of benzene rings is 3. The summed E-state index contributed by atoms with van der Waals surface area (Å²) in [5, 5.41) is 3.17. The molecule has 0 saturated carbocycles. The first-order valence-electron chi connectivity index (χ1n) is 11.2. The molecule has 0 radical (unpaired) electrons. The number of aromatic amines is 1. The van der Waals surface area contributed by atoms with Crippen molar-refractivity contribution in [2.75, 3.05) is 21.3 Å². The number of ether oxygens (including phenoxy) is 3. The molecule has 0 aliphatic carbocycles. The van der Waals surface area contributed by atoms with Gasteiger partial charge < -0.3 is 24.5 Å². The third-order valence-corrected chi connectivity index (χ3v) is 5.76. The molecule has 34 heavy (non-hydrogen) atoms. The molecule has 0 saturated heterocycles. The average molecular weight is 460 g/mol. The number of hydrogen-bond donors (Lipinski definition) is 2. The Kier molecular flexibility index (Phi) is 7.32. The van der Waals surface area contributed by atoms with Crippen LogP contribution in [0.3, 0.4) is 0 Å². The Morgan fingerprint density at radius 2 is 1.65 bits per heavy atom. The second-order valence-corrected chi connectivity index (χ2v) is 7.94. The molecule has 0 bridgehead atoms. The Balaban J connectivity index is 1.52. The van der Waals surface area contributed by atoms with Crippen LogP contribution in [0, 0.1) is 0 Å². The Bertz CT molecular complexity index is 1220. The van der Waals surface area contributed by atoms with Crippen molar-refractivity contribution in [2.24, 2.45) is 0 Å². The van der Waals surface area contributed by atoms with Crippen LogP contribution in [0.4, 0.5) is 0 Å². The molecule has 4 aromatic rings. The fraction of sp³-hybridized carbons (Fsp3) is 0.259. The zero-order chi connectivity index (χ0) is 23.9. The van der Waals surface area contributed by atoms with Gasteiger partial charge in [-0.1, -0.05) is 48.5 Å². The van der Waals surface area contributed by atoms with Gasteiger partial charge in [-0.15, -0.1) is 0 Å². The summed E-state index contributed by atoms with van der Waals surface area (Å²) in [5.74, 6) is 2.35. The van der Waals surface area contributed by atoms with Crippen molar-refractivity contribution in [3.8, 4) is 17.2 Å². The van der Waals surface area contributed by atoms with E-state index in [1.807, 2.05) is 54.6 Å². The minimum absolute atomic E-state index is 0.0711. The lowest BCUT2D eigenvalue weighted by atomic mass is 10.0. The van der Waals surface area contributed by atoms with Crippen LogP contribution >= 0.6 is 0 Å². The van der Waals surface area contributed by atoms with Gasteiger partial charge in [0, 0.05) is 6.42 Å². The maximum atomic E-state index is 13.0. The second kappa shape index (κ2) is 10.7. The maximum absolute atomic E-state index is 13.0. The number of hydrogen-bond acceptors (Lipinski definition) is 5. The SMILES string of the molecule is COc1ccc(CCC(=O)N[C@@H](Cc2ccccc2)c2nc3ccccc3[nH]2)c(OC)c1OC. The van der Waals surface area contributed by atoms with Gasteiger partial charge in [0.1, 0.15) is 5.82 Å². The van der Waals surface area contributed by atoms with E-state index in [0.717, 1.165) is 28.0 Å². The number of aromatic nitrogens is 2. The monoisotopic (exact) mass is 459 g/mol. The molecule has 1 atom stereocenters. The van der Waals surface area contributed by atoms with Crippen molar-refractivity contribution in [2.45, 2.75) is 25.3 Å². The summed E-state index contributed by atoms with van der Waals surface area (Å²) in [7, 11) is 4.73. The number of nitrogens with zero attached hydrogens (tertiary/aromatic N) is 1. The van der Waals surface area contributed by atoms with Crippen LogP contribution in [-0.4, -0.2) is 37.2 Å². The highest BCUT2D eigenvalue weighted by Gasteiger charge is 2.21. The highest BCUT2D eigenvalue weighted by atomic mass is 16.5. The molecule has 0 fully saturated rings. The summed E-state index contributed by atoms with van der Waals surface area (Å²) in [6, 6.07) is 21.4. The molecule has 0 unspecified atom stereocenters. The van der Waals surface area contributed by atoms with Crippen LogP contribution in [0.2, 0.25) is 0 Å². The smallest absolute Gasteiger partial charge is 0.220 e. The zero-order valence-corrected chi connectivity index (χ0v) is 19.6. The first-order chi connectivity index (χ1) is 16.6. The fourth-order valence-corrected chi connectivity index (χ4v) is 4.08. The Morgan fingerprint density at radius 3 is 2.35 bits per heavy atom. The number of para-hydroxylation sites is 2. The average Bonchev–Trinajstić information content (AvgIpc) is 3.31. The summed E-state index contributed by atoms with van der Waals surface area (Å²) >= 11 is 0. The minimum atomic E-state index is -0.283. The zero-order valence-electron chi connectivity index (χ0n) is 19.6. The molecular formula is C27H29N3O4. The standard InChI is InChI=1S/C27H29N3O4/c1-32-23-15-13-19(25(33-2)26(23)34-3)14-16-24(31)28-22(17-18-9-5-4-6-10-18)27-29-20-11-7-8-12-21(20)30-27/h4-13,15,22H,14,16-17H2,1-3H3,(H,28,31)(H,29,30)/t22-/m0/s1. The van der Waals surface area contributed by atoms with Gasteiger partial charge in [0.2, 0.25) is 11.7 Å². The number of H-pyrrole nitrogens is 1. The summed E-state index contributed by atoms with van der Waals surface area (Å²) in [5.41, 5.74) is 3.81. The van der Waals surface area contributed by atoms with E-state index < -0.39 is 0 Å². The predicted molar refractivity (Wildman–Crippen MR) is 132 cm³/mol. The Morgan fingerprint density at radius 1 is 0.912 bits per heavy atom. The molecule has 0 aliphatic heterocycles. The Labute approximate surface area is 199 Å². The van der Waals surface area contributed by atoms with E-state index in [9.17, 15) is 4.79 Å². The molecule has 7 heteroatoms. The van der Waals surface area contributed by atoms with E-state index >= 15 is 0 Å². The van der Waals surface area contributed by atoms with Crippen LogP contribution in [-0.2, 0) is 17.6 Å². The molecule has 7 nitrogen and oxygen atoms in total. The summed E-state index contributed by atoms with van der Waals surface area (Å²) in [6.07, 6.45) is 1.41. The van der Waals surface area contributed by atoms with E-state index in [1.54, 1.807) is 21.3 Å². The summed E-state index contributed by atoms with van der Waals surface area (Å²) in [6.45, 7) is 0. The van der Waals surface area contributed by atoms with Crippen molar-refractivity contribution in [1.29, 1.82) is 0 Å². The fourth-order valence-electron chi connectivity index (χ4n) is 4.08. The van der Waals surface area contributed by atoms with Crippen LogP contribution in [0.1, 0.15) is 29.4 Å². The quantitative estimate of drug-likeness (QED) is 0.361. The van der Waals surface area contributed by atoms with Gasteiger partial charge in [-0.3, -0.25) is 4.79 Å². The number of aryl methyl sites for hydroxylation is 1. The van der Waals surface area contributed by atoms with Gasteiger partial charge >= 0.3 is 0 Å². The molecule has 4 rings (SSSR count). The molecular weight excluding hydrogens is 430 g/mol. The van der Waals surface area contributed by atoms with Crippen molar-refractivity contribution in [3.05, 3.63) is 83.7 Å². The maximum Gasteiger partial charge on any atom is 0.220 e. The Hall–Kier alpha value is -4.00. The third kappa shape index (κ3) is 5.14. The predicted octanol–water partition coefficient (Wildman–Crippen LogP) is 4.62. The van der Waals surface area contributed by atoms with E-state index in [1.165, 1.54) is 0 Å². The number of amides is 1. The van der Waals surface area contributed by atoms with Crippen molar-refractivity contribution >= 4 is 16.9 Å². The lowest BCUT2D eigenvalue weighted by molar-refractivity contribution is -0.121. The molecule has 0 aliphatic rings. The van der Waals surface area contributed by atoms with Gasteiger partial charge in [0.15, 0.2) is 11.5 Å². The first-order valence-corrected chi connectivity index (χ1v) is 11.2. The van der Waals surface area contributed by atoms with Gasteiger partial charge in [0.25, 0.3) is 0 Å². The molecule has 1 aromatic heterocycles. The van der Waals surface area contributed by atoms with Crippen LogP contribution in [0.25, 0.3) is 11.0 Å². The van der Waals surface area contributed by atoms with E-state index in [2.05, 4.69) is 22.4 Å². The lowest BCUT2D eigenvalue weighted by Gasteiger charge is -2.18. The van der Waals surface area contributed by atoms with Crippen LogP contribution in [0.5, 0.6) is 17.2 Å². The van der Waals surface area contributed by atoms with Gasteiger partial charge in [-0.25, -0.2) is 4.98 Å². The number of nitrogens with one attached hydrogen (secondary N) is 2. The first kappa shape index (κ1) is 23.2. The molecule has 1 amide bonds. The number of methoxy groups -OCH3 is 3. The topological polar surface area (TPSA) is 85.5 Å². The van der Waals surface area contributed by atoms with Crippen molar-refractivity contribution in [3.63, 3.8) is 0 Å². The molecule has 3 aromatic carbocycles. The van der Waals surface area contributed by atoms with Crippen LogP contribution < -0.4 is 19.5 Å². The largest absolute Gasteiger partial charge is 0.493 e. The number of rotatable bonds is 10. The van der Waals surface area contributed by atoms with E-state index in [0.29, 0.717) is 30.1 Å². The minimum Gasteiger partial charge on any atom is -0.493 e.